The van der Waals surface area contributed by atoms with Crippen molar-refractivity contribution < 1.29 is 14.3 Å². The molecule has 2 aromatic rings. The summed E-state index contributed by atoms with van der Waals surface area (Å²) in [6.07, 6.45) is -0.916. The Balaban J connectivity index is 1.97. The quantitative estimate of drug-likeness (QED) is 0.805. The van der Waals surface area contributed by atoms with E-state index in [0.29, 0.717) is 11.3 Å². The molecule has 2 aromatic carbocycles. The van der Waals surface area contributed by atoms with Gasteiger partial charge in [0.2, 0.25) is 0 Å². The first kappa shape index (κ1) is 17.0. The Morgan fingerprint density at radius 3 is 2.22 bits per heavy atom. The summed E-state index contributed by atoms with van der Waals surface area (Å²) in [6, 6.07) is 10.4. The van der Waals surface area contributed by atoms with Gasteiger partial charge < -0.3 is 15.7 Å². The maximum atomic E-state index is 12.9. The largest absolute Gasteiger partial charge is 0.386 e. The first-order chi connectivity index (χ1) is 10.8. The molecule has 5 heteroatoms. The van der Waals surface area contributed by atoms with E-state index < -0.39 is 18.2 Å². The maximum Gasteiger partial charge on any atom is 0.319 e. The summed E-state index contributed by atoms with van der Waals surface area (Å²) < 4.78 is 12.9. The van der Waals surface area contributed by atoms with E-state index in [0.717, 1.165) is 11.1 Å². The van der Waals surface area contributed by atoms with E-state index in [4.69, 9.17) is 0 Å². The van der Waals surface area contributed by atoms with Crippen molar-refractivity contribution in [2.75, 3.05) is 5.32 Å². The highest BCUT2D eigenvalue weighted by atomic mass is 19.1. The topological polar surface area (TPSA) is 61.4 Å². The molecule has 23 heavy (non-hydrogen) atoms. The van der Waals surface area contributed by atoms with Gasteiger partial charge in [0.05, 0.1) is 12.1 Å². The lowest BCUT2D eigenvalue weighted by Gasteiger charge is -2.21. The first-order valence-electron chi connectivity index (χ1n) is 7.44. The van der Waals surface area contributed by atoms with Crippen molar-refractivity contribution >= 4 is 11.7 Å². The minimum absolute atomic E-state index is 0.367. The molecule has 2 rings (SSSR count). The molecular formula is C18H21FN2O2. The molecule has 0 saturated heterocycles. The zero-order valence-electron chi connectivity index (χ0n) is 13.4. The first-order valence-corrected chi connectivity index (χ1v) is 7.44. The molecule has 0 aliphatic rings. The number of amides is 2. The Morgan fingerprint density at radius 1 is 1.09 bits per heavy atom. The van der Waals surface area contributed by atoms with Gasteiger partial charge in [0.15, 0.2) is 0 Å². The van der Waals surface area contributed by atoms with Crippen LogP contribution in [0.1, 0.15) is 29.7 Å². The number of benzene rings is 2. The van der Waals surface area contributed by atoms with E-state index in [9.17, 15) is 14.3 Å². The molecule has 2 amide bonds. The third-order valence-corrected chi connectivity index (χ3v) is 3.52. The highest BCUT2D eigenvalue weighted by molar-refractivity contribution is 5.89. The van der Waals surface area contributed by atoms with Crippen LogP contribution in [0.4, 0.5) is 14.9 Å². The molecule has 0 heterocycles. The van der Waals surface area contributed by atoms with Crippen molar-refractivity contribution in [1.29, 1.82) is 0 Å². The molecule has 0 radical (unpaired) electrons. The zero-order valence-corrected chi connectivity index (χ0v) is 13.4. The molecule has 0 saturated carbocycles. The van der Waals surface area contributed by atoms with Crippen molar-refractivity contribution in [3.63, 3.8) is 0 Å². The van der Waals surface area contributed by atoms with Gasteiger partial charge in [-0.2, -0.15) is 0 Å². The maximum absolute atomic E-state index is 12.9. The number of nitrogens with one attached hydrogen (secondary N) is 2. The van der Waals surface area contributed by atoms with Crippen LogP contribution in [0, 0.1) is 19.7 Å². The fourth-order valence-electron chi connectivity index (χ4n) is 2.45. The number of aryl methyl sites for hydroxylation is 2. The van der Waals surface area contributed by atoms with Crippen molar-refractivity contribution in [3.05, 3.63) is 65.0 Å². The van der Waals surface area contributed by atoms with Crippen LogP contribution in [0.25, 0.3) is 0 Å². The highest BCUT2D eigenvalue weighted by Gasteiger charge is 2.18. The summed E-state index contributed by atoms with van der Waals surface area (Å²) in [5.74, 6) is -0.367. The van der Waals surface area contributed by atoms with Gasteiger partial charge >= 0.3 is 6.03 Å². The van der Waals surface area contributed by atoms with E-state index in [1.165, 1.54) is 24.3 Å². The number of aliphatic hydroxyl groups excluding tert-OH is 1. The Labute approximate surface area is 135 Å². The van der Waals surface area contributed by atoms with E-state index in [2.05, 4.69) is 10.6 Å². The molecule has 0 spiro atoms. The Bertz CT molecular complexity index is 666. The fraction of sp³-hybridized carbons (Fsp3) is 0.278. The normalized spacial score (nSPS) is 13.3. The van der Waals surface area contributed by atoms with Crippen molar-refractivity contribution in [2.24, 2.45) is 0 Å². The van der Waals surface area contributed by atoms with Gasteiger partial charge in [-0.05, 0) is 61.7 Å². The van der Waals surface area contributed by atoms with Gasteiger partial charge in [0.25, 0.3) is 0 Å². The molecule has 2 atom stereocenters. The molecule has 122 valence electrons. The minimum Gasteiger partial charge on any atom is -0.386 e. The lowest BCUT2D eigenvalue weighted by molar-refractivity contribution is 0.139. The molecule has 0 aromatic heterocycles. The Morgan fingerprint density at radius 2 is 1.65 bits per heavy atom. The van der Waals surface area contributed by atoms with Crippen molar-refractivity contribution in [3.8, 4) is 0 Å². The summed E-state index contributed by atoms with van der Waals surface area (Å²) in [5.41, 5.74) is 3.36. The van der Waals surface area contributed by atoms with E-state index >= 15 is 0 Å². The van der Waals surface area contributed by atoms with Crippen molar-refractivity contribution in [1.82, 2.24) is 5.32 Å². The smallest absolute Gasteiger partial charge is 0.319 e. The average Bonchev–Trinajstić information content (AvgIpc) is 2.45. The number of hydrogen-bond acceptors (Lipinski definition) is 2. The second-order valence-electron chi connectivity index (χ2n) is 5.76. The van der Waals surface area contributed by atoms with Crippen molar-refractivity contribution in [2.45, 2.75) is 32.9 Å². The van der Waals surface area contributed by atoms with Crippen LogP contribution >= 0.6 is 0 Å². The molecule has 0 aliphatic heterocycles. The molecule has 0 fully saturated rings. The van der Waals surface area contributed by atoms with Gasteiger partial charge in [0.1, 0.15) is 5.82 Å². The van der Waals surface area contributed by atoms with Gasteiger partial charge in [0, 0.05) is 5.69 Å². The molecular weight excluding hydrogens is 295 g/mol. The molecule has 0 aliphatic carbocycles. The fourth-order valence-corrected chi connectivity index (χ4v) is 2.45. The number of rotatable bonds is 4. The summed E-state index contributed by atoms with van der Waals surface area (Å²) in [4.78, 5) is 12.0. The van der Waals surface area contributed by atoms with Gasteiger partial charge in [-0.15, -0.1) is 0 Å². The van der Waals surface area contributed by atoms with Crippen LogP contribution in [0.5, 0.6) is 0 Å². The number of carbonyl (C=O) groups is 1. The number of aliphatic hydroxyl groups is 1. The molecule has 3 N–H and O–H groups in total. The van der Waals surface area contributed by atoms with Crippen LogP contribution in [0.2, 0.25) is 0 Å². The zero-order chi connectivity index (χ0) is 17.0. The molecule has 4 nitrogen and oxygen atoms in total. The predicted molar refractivity (Wildman–Crippen MR) is 88.9 cm³/mol. The Hall–Kier alpha value is -2.40. The third kappa shape index (κ3) is 4.79. The third-order valence-electron chi connectivity index (χ3n) is 3.52. The number of anilines is 1. The van der Waals surface area contributed by atoms with E-state index in [1.54, 1.807) is 6.92 Å². The lowest BCUT2D eigenvalue weighted by Crippen LogP contribution is -2.39. The van der Waals surface area contributed by atoms with Crippen LogP contribution in [-0.4, -0.2) is 17.2 Å². The predicted octanol–water partition coefficient (Wildman–Crippen LogP) is 3.69. The van der Waals surface area contributed by atoms with E-state index in [1.807, 2.05) is 32.0 Å². The number of hydrogen-bond donors (Lipinski definition) is 3. The second kappa shape index (κ2) is 7.24. The summed E-state index contributed by atoms with van der Waals surface area (Å²) in [6.45, 7) is 5.60. The monoisotopic (exact) mass is 316 g/mol. The number of urea groups is 1. The lowest BCUT2D eigenvalue weighted by atomic mass is 10.0. The van der Waals surface area contributed by atoms with Crippen LogP contribution in [-0.2, 0) is 0 Å². The van der Waals surface area contributed by atoms with Gasteiger partial charge in [-0.3, -0.25) is 0 Å². The number of carbonyl (C=O) groups excluding carboxylic acids is 1. The average molecular weight is 316 g/mol. The second-order valence-corrected chi connectivity index (χ2v) is 5.76. The summed E-state index contributed by atoms with van der Waals surface area (Å²) >= 11 is 0. The van der Waals surface area contributed by atoms with E-state index in [-0.39, 0.29) is 5.82 Å². The van der Waals surface area contributed by atoms with Gasteiger partial charge in [-0.1, -0.05) is 18.2 Å². The number of halogens is 1. The minimum atomic E-state index is -0.916. The van der Waals surface area contributed by atoms with Crippen LogP contribution < -0.4 is 10.6 Å². The Kier molecular flexibility index (Phi) is 5.34. The molecule has 0 bridgehead atoms. The van der Waals surface area contributed by atoms with Crippen LogP contribution in [0.15, 0.2) is 42.5 Å². The standard InChI is InChI=1S/C18H21FN2O2/c1-11-8-12(2)10-16(9-11)21-18(23)20-13(3)17(22)14-4-6-15(19)7-5-14/h4-10,13,17,22H,1-3H3,(H2,20,21,23). The summed E-state index contributed by atoms with van der Waals surface area (Å²) in [5, 5.41) is 15.7. The SMILES string of the molecule is Cc1cc(C)cc(NC(=O)NC(C)C(O)c2ccc(F)cc2)c1. The highest BCUT2D eigenvalue weighted by Crippen LogP contribution is 2.18. The van der Waals surface area contributed by atoms with Gasteiger partial charge in [-0.25, -0.2) is 9.18 Å². The molecule has 2 unspecified atom stereocenters. The summed E-state index contributed by atoms with van der Waals surface area (Å²) in [7, 11) is 0. The van der Waals surface area contributed by atoms with Crippen LogP contribution in [0.3, 0.4) is 0 Å².